The lowest BCUT2D eigenvalue weighted by molar-refractivity contribution is 0.372. The fourth-order valence-electron chi connectivity index (χ4n) is 2.25. The minimum absolute atomic E-state index is 0.351. The number of halogens is 1. The molecular weight excluding hydrogens is 340 g/mol. The smallest absolute Gasteiger partial charge is 0.191 e. The zero-order chi connectivity index (χ0) is 18.2. The van der Waals surface area contributed by atoms with Crippen LogP contribution in [0.25, 0.3) is 0 Å². The van der Waals surface area contributed by atoms with E-state index in [0.29, 0.717) is 30.0 Å². The number of rotatable bonds is 7. The molecule has 1 aromatic heterocycles. The molecular formula is C18H25ClN4O2. The molecule has 2 aromatic rings. The highest BCUT2D eigenvalue weighted by Gasteiger charge is 2.08. The van der Waals surface area contributed by atoms with E-state index in [-0.39, 0.29) is 0 Å². The molecule has 0 aliphatic rings. The molecule has 0 atom stereocenters. The number of methoxy groups -OCH3 is 1. The fraction of sp³-hybridized carbons (Fsp3) is 0.444. The Bertz CT molecular complexity index is 713. The summed E-state index contributed by atoms with van der Waals surface area (Å²) in [5.41, 5.74) is 2.01. The molecule has 0 fully saturated rings. The van der Waals surface area contributed by atoms with Crippen LogP contribution in [0.3, 0.4) is 0 Å². The van der Waals surface area contributed by atoms with Crippen molar-refractivity contribution in [1.82, 2.24) is 15.8 Å². The fourth-order valence-corrected chi connectivity index (χ4v) is 2.51. The van der Waals surface area contributed by atoms with Crippen LogP contribution in [0.1, 0.15) is 36.8 Å². The molecule has 2 N–H and O–H groups in total. The molecule has 1 heterocycles. The maximum atomic E-state index is 6.25. The van der Waals surface area contributed by atoms with Crippen molar-refractivity contribution < 1.29 is 9.26 Å². The topological polar surface area (TPSA) is 71.7 Å². The van der Waals surface area contributed by atoms with Gasteiger partial charge in [0, 0.05) is 24.7 Å². The van der Waals surface area contributed by atoms with E-state index >= 15 is 0 Å². The maximum absolute atomic E-state index is 6.25. The average Bonchev–Trinajstić information content (AvgIpc) is 3.08. The number of aromatic nitrogens is 1. The molecule has 136 valence electrons. The molecule has 0 radical (unpaired) electrons. The summed E-state index contributed by atoms with van der Waals surface area (Å²) < 4.78 is 10.5. The van der Waals surface area contributed by atoms with Gasteiger partial charge in [0.25, 0.3) is 0 Å². The van der Waals surface area contributed by atoms with E-state index in [1.807, 2.05) is 24.3 Å². The van der Waals surface area contributed by atoms with Crippen LogP contribution >= 0.6 is 11.6 Å². The van der Waals surface area contributed by atoms with E-state index in [1.165, 1.54) is 0 Å². The van der Waals surface area contributed by atoms with Crippen LogP contribution in [-0.2, 0) is 13.0 Å². The molecule has 0 spiro atoms. The van der Waals surface area contributed by atoms with Gasteiger partial charge in [-0.3, -0.25) is 4.99 Å². The first-order chi connectivity index (χ1) is 12.0. The standard InChI is InChI=1S/C18H25ClN4O2/c1-12(2)17-10-15(25-23-17)11-22-18(20-3)21-8-7-13-5-6-14(24-4)9-16(13)19/h5-6,9-10,12H,7-8,11H2,1-4H3,(H2,20,21,22). The third-order valence-corrected chi connectivity index (χ3v) is 4.12. The van der Waals surface area contributed by atoms with Crippen molar-refractivity contribution >= 4 is 17.6 Å². The second-order valence-corrected chi connectivity index (χ2v) is 6.34. The van der Waals surface area contributed by atoms with Gasteiger partial charge in [0.05, 0.1) is 19.3 Å². The Morgan fingerprint density at radius 2 is 2.12 bits per heavy atom. The Labute approximate surface area is 153 Å². The van der Waals surface area contributed by atoms with Crippen LogP contribution < -0.4 is 15.4 Å². The molecule has 0 aliphatic carbocycles. The van der Waals surface area contributed by atoms with Crippen LogP contribution in [0, 0.1) is 0 Å². The van der Waals surface area contributed by atoms with Crippen LogP contribution in [0.5, 0.6) is 5.75 Å². The summed E-state index contributed by atoms with van der Waals surface area (Å²) in [4.78, 5) is 4.21. The van der Waals surface area contributed by atoms with E-state index in [4.69, 9.17) is 20.9 Å². The Morgan fingerprint density at radius 3 is 2.72 bits per heavy atom. The van der Waals surface area contributed by atoms with Gasteiger partial charge in [0.2, 0.25) is 0 Å². The van der Waals surface area contributed by atoms with E-state index < -0.39 is 0 Å². The van der Waals surface area contributed by atoms with Crippen molar-refractivity contribution in [2.24, 2.45) is 4.99 Å². The highest BCUT2D eigenvalue weighted by atomic mass is 35.5. The van der Waals surface area contributed by atoms with Gasteiger partial charge in [-0.25, -0.2) is 0 Å². The average molecular weight is 365 g/mol. The predicted octanol–water partition coefficient (Wildman–Crippen LogP) is 3.37. The lowest BCUT2D eigenvalue weighted by Crippen LogP contribution is -2.37. The van der Waals surface area contributed by atoms with Crippen molar-refractivity contribution in [2.45, 2.75) is 32.7 Å². The van der Waals surface area contributed by atoms with Gasteiger partial charge in [0.1, 0.15) is 5.75 Å². The molecule has 0 saturated carbocycles. The lowest BCUT2D eigenvalue weighted by Gasteiger charge is -2.11. The monoisotopic (exact) mass is 364 g/mol. The Hall–Kier alpha value is -2.21. The van der Waals surface area contributed by atoms with E-state index in [2.05, 4.69) is 34.6 Å². The second-order valence-electron chi connectivity index (χ2n) is 5.93. The maximum Gasteiger partial charge on any atom is 0.191 e. The predicted molar refractivity (Wildman–Crippen MR) is 101 cm³/mol. The number of hydrogen-bond donors (Lipinski definition) is 2. The number of nitrogens with one attached hydrogen (secondary N) is 2. The van der Waals surface area contributed by atoms with Crippen LogP contribution in [0.15, 0.2) is 33.8 Å². The number of nitrogens with zero attached hydrogens (tertiary/aromatic N) is 2. The summed E-state index contributed by atoms with van der Waals surface area (Å²) in [5.74, 6) is 2.59. The summed E-state index contributed by atoms with van der Waals surface area (Å²) in [5, 5.41) is 11.2. The SMILES string of the molecule is CN=C(NCCc1ccc(OC)cc1Cl)NCc1cc(C(C)C)no1. The molecule has 0 saturated heterocycles. The quantitative estimate of drug-likeness (QED) is 0.582. The van der Waals surface area contributed by atoms with E-state index in [0.717, 1.165) is 29.2 Å². The summed E-state index contributed by atoms with van der Waals surface area (Å²) >= 11 is 6.25. The molecule has 0 bridgehead atoms. The van der Waals surface area contributed by atoms with Crippen LogP contribution in [0.2, 0.25) is 5.02 Å². The number of guanidine groups is 1. The number of ether oxygens (including phenoxy) is 1. The molecule has 1 aromatic carbocycles. The third kappa shape index (κ3) is 5.67. The summed E-state index contributed by atoms with van der Waals surface area (Å²) in [6.07, 6.45) is 0.781. The molecule has 6 nitrogen and oxygen atoms in total. The van der Waals surface area contributed by atoms with E-state index in [9.17, 15) is 0 Å². The van der Waals surface area contributed by atoms with Gasteiger partial charge >= 0.3 is 0 Å². The van der Waals surface area contributed by atoms with Gasteiger partial charge in [-0.05, 0) is 30.0 Å². The highest BCUT2D eigenvalue weighted by Crippen LogP contribution is 2.22. The number of hydrogen-bond acceptors (Lipinski definition) is 4. The number of benzene rings is 1. The molecule has 0 unspecified atom stereocenters. The van der Waals surface area contributed by atoms with Gasteiger partial charge in [-0.1, -0.05) is 36.7 Å². The third-order valence-electron chi connectivity index (χ3n) is 3.77. The summed E-state index contributed by atoms with van der Waals surface area (Å²) in [6, 6.07) is 7.66. The van der Waals surface area contributed by atoms with Crippen molar-refractivity contribution in [1.29, 1.82) is 0 Å². The zero-order valence-electron chi connectivity index (χ0n) is 15.1. The zero-order valence-corrected chi connectivity index (χ0v) is 15.9. The summed E-state index contributed by atoms with van der Waals surface area (Å²) in [7, 11) is 3.36. The summed E-state index contributed by atoms with van der Waals surface area (Å²) in [6.45, 7) is 5.40. The normalized spacial score (nSPS) is 11.7. The van der Waals surface area contributed by atoms with Gasteiger partial charge in [0.15, 0.2) is 11.7 Å². The van der Waals surface area contributed by atoms with Gasteiger partial charge < -0.3 is 19.9 Å². The van der Waals surface area contributed by atoms with Crippen molar-refractivity contribution in [3.63, 3.8) is 0 Å². The van der Waals surface area contributed by atoms with Crippen molar-refractivity contribution in [3.05, 3.63) is 46.3 Å². The Kier molecular flexibility index (Phi) is 7.13. The molecule has 2 rings (SSSR count). The van der Waals surface area contributed by atoms with Crippen molar-refractivity contribution in [3.8, 4) is 5.75 Å². The first kappa shape index (κ1) is 19.1. The number of aliphatic imine (C=N–C) groups is 1. The highest BCUT2D eigenvalue weighted by molar-refractivity contribution is 6.31. The molecule has 0 amide bonds. The minimum atomic E-state index is 0.351. The van der Waals surface area contributed by atoms with Gasteiger partial charge in [-0.2, -0.15) is 0 Å². The first-order valence-corrected chi connectivity index (χ1v) is 8.63. The first-order valence-electron chi connectivity index (χ1n) is 8.26. The molecule has 25 heavy (non-hydrogen) atoms. The van der Waals surface area contributed by atoms with Crippen LogP contribution in [-0.4, -0.2) is 31.8 Å². The van der Waals surface area contributed by atoms with E-state index in [1.54, 1.807) is 14.2 Å². The lowest BCUT2D eigenvalue weighted by atomic mass is 10.1. The van der Waals surface area contributed by atoms with Crippen LogP contribution in [0.4, 0.5) is 0 Å². The second kappa shape index (κ2) is 9.32. The molecule has 0 aliphatic heterocycles. The van der Waals surface area contributed by atoms with Gasteiger partial charge in [-0.15, -0.1) is 0 Å². The largest absolute Gasteiger partial charge is 0.497 e. The molecule has 7 heteroatoms. The Balaban J connectivity index is 1.80. The minimum Gasteiger partial charge on any atom is -0.497 e. The van der Waals surface area contributed by atoms with Crippen molar-refractivity contribution in [2.75, 3.05) is 20.7 Å². The Morgan fingerprint density at radius 1 is 1.32 bits per heavy atom.